The van der Waals surface area contributed by atoms with Crippen molar-refractivity contribution in [3.05, 3.63) is 41.6 Å². The molecular weight excluding hydrogens is 390 g/mol. The third kappa shape index (κ3) is 6.09. The predicted octanol–water partition coefficient (Wildman–Crippen LogP) is 3.53. The number of nitrogens with one attached hydrogen (secondary N) is 1. The molecule has 1 N–H and O–H groups in total. The number of hydrogen-bond acceptors (Lipinski definition) is 6. The van der Waals surface area contributed by atoms with Gasteiger partial charge in [-0.25, -0.2) is 4.98 Å². The van der Waals surface area contributed by atoms with Gasteiger partial charge in [0.25, 0.3) is 0 Å². The monoisotopic (exact) mass is 425 g/mol. The van der Waals surface area contributed by atoms with Gasteiger partial charge in [-0.15, -0.1) is 0 Å². The minimum atomic E-state index is 0.0178. The summed E-state index contributed by atoms with van der Waals surface area (Å²) in [5.41, 5.74) is 2.17. The van der Waals surface area contributed by atoms with Gasteiger partial charge in [-0.1, -0.05) is 12.1 Å². The zero-order valence-corrected chi connectivity index (χ0v) is 19.2. The largest absolute Gasteiger partial charge is 0.497 e. The number of methoxy groups -OCH3 is 1. The molecular formula is C24H35N5O2. The highest BCUT2D eigenvalue weighted by atomic mass is 16.5. The fourth-order valence-corrected chi connectivity index (χ4v) is 4.07. The molecule has 31 heavy (non-hydrogen) atoms. The molecule has 7 heteroatoms. The Morgan fingerprint density at radius 3 is 2.65 bits per heavy atom. The van der Waals surface area contributed by atoms with Crippen LogP contribution in [0.1, 0.15) is 37.9 Å². The fourth-order valence-electron chi connectivity index (χ4n) is 4.07. The standard InChI is InChI=1S/C24H35N5O2/c1-5-28(6-2)23(30)20-8-7-15-29(17-20)24-26-18(3)16-22(27-24)25-14-13-19-9-11-21(31-4)12-10-19/h9-12,16,20H,5-8,13-15,17H2,1-4H3,(H,25,26,27). The lowest BCUT2D eigenvalue weighted by Crippen LogP contribution is -2.45. The zero-order valence-electron chi connectivity index (χ0n) is 19.2. The van der Waals surface area contributed by atoms with E-state index in [0.717, 1.165) is 62.7 Å². The van der Waals surface area contributed by atoms with Crippen LogP contribution in [0.2, 0.25) is 0 Å². The summed E-state index contributed by atoms with van der Waals surface area (Å²) in [6, 6.07) is 10.1. The predicted molar refractivity (Wildman–Crippen MR) is 125 cm³/mol. The molecule has 2 aromatic rings. The Morgan fingerprint density at radius 1 is 1.23 bits per heavy atom. The van der Waals surface area contributed by atoms with Gasteiger partial charge in [0.2, 0.25) is 11.9 Å². The Kier molecular flexibility index (Phi) is 8.09. The van der Waals surface area contributed by atoms with E-state index >= 15 is 0 Å². The van der Waals surface area contributed by atoms with E-state index in [4.69, 9.17) is 9.72 Å². The SMILES string of the molecule is CCN(CC)C(=O)C1CCCN(c2nc(C)cc(NCCc3ccc(OC)cc3)n2)C1. The smallest absolute Gasteiger partial charge is 0.227 e. The van der Waals surface area contributed by atoms with Crippen LogP contribution in [0.3, 0.4) is 0 Å². The van der Waals surface area contributed by atoms with Crippen molar-refractivity contribution in [2.45, 2.75) is 40.0 Å². The van der Waals surface area contributed by atoms with Crippen molar-refractivity contribution in [2.24, 2.45) is 5.92 Å². The summed E-state index contributed by atoms with van der Waals surface area (Å²) in [7, 11) is 1.68. The van der Waals surface area contributed by atoms with E-state index in [1.54, 1.807) is 7.11 Å². The van der Waals surface area contributed by atoms with Crippen molar-refractivity contribution in [3.8, 4) is 5.75 Å². The highest BCUT2D eigenvalue weighted by Gasteiger charge is 2.29. The molecule has 1 saturated heterocycles. The van der Waals surface area contributed by atoms with Crippen molar-refractivity contribution < 1.29 is 9.53 Å². The number of rotatable bonds is 9. The first-order valence-corrected chi connectivity index (χ1v) is 11.3. The van der Waals surface area contributed by atoms with Crippen molar-refractivity contribution >= 4 is 17.7 Å². The first-order valence-electron chi connectivity index (χ1n) is 11.3. The van der Waals surface area contributed by atoms with Gasteiger partial charge in [-0.2, -0.15) is 4.98 Å². The number of anilines is 2. The van der Waals surface area contributed by atoms with Gasteiger partial charge in [0.05, 0.1) is 13.0 Å². The molecule has 1 atom stereocenters. The normalized spacial score (nSPS) is 16.1. The molecule has 1 aromatic carbocycles. The topological polar surface area (TPSA) is 70.6 Å². The van der Waals surface area contributed by atoms with Crippen molar-refractivity contribution in [1.82, 2.24) is 14.9 Å². The molecule has 1 aliphatic heterocycles. The Labute approximate surface area is 185 Å². The second kappa shape index (κ2) is 11.0. The number of aryl methyl sites for hydroxylation is 1. The molecule has 1 fully saturated rings. The maximum atomic E-state index is 12.8. The van der Waals surface area contributed by atoms with E-state index in [0.29, 0.717) is 12.5 Å². The fraction of sp³-hybridized carbons (Fsp3) is 0.542. The molecule has 0 spiro atoms. The van der Waals surface area contributed by atoms with Crippen molar-refractivity contribution in [3.63, 3.8) is 0 Å². The van der Waals surface area contributed by atoms with Gasteiger partial charge in [-0.3, -0.25) is 4.79 Å². The molecule has 1 aliphatic rings. The van der Waals surface area contributed by atoms with E-state index in [2.05, 4.69) is 27.3 Å². The third-order valence-corrected chi connectivity index (χ3v) is 5.85. The van der Waals surface area contributed by atoms with Crippen LogP contribution < -0.4 is 15.0 Å². The molecule has 168 valence electrons. The quantitative estimate of drug-likeness (QED) is 0.663. The lowest BCUT2D eigenvalue weighted by atomic mass is 9.96. The zero-order chi connectivity index (χ0) is 22.2. The lowest BCUT2D eigenvalue weighted by Gasteiger charge is -2.34. The molecule has 1 unspecified atom stereocenters. The summed E-state index contributed by atoms with van der Waals surface area (Å²) in [6.07, 6.45) is 2.81. The average molecular weight is 426 g/mol. The van der Waals surface area contributed by atoms with Crippen LogP contribution in [0, 0.1) is 12.8 Å². The number of ether oxygens (including phenoxy) is 1. The second-order valence-corrected chi connectivity index (χ2v) is 8.02. The Hall–Kier alpha value is -2.83. The molecule has 1 amide bonds. The van der Waals surface area contributed by atoms with E-state index in [9.17, 15) is 4.79 Å². The van der Waals surface area contributed by atoms with Crippen LogP contribution in [0.5, 0.6) is 5.75 Å². The third-order valence-electron chi connectivity index (χ3n) is 5.85. The van der Waals surface area contributed by atoms with Gasteiger partial charge < -0.3 is 19.9 Å². The number of nitrogens with zero attached hydrogens (tertiary/aromatic N) is 4. The maximum absolute atomic E-state index is 12.8. The number of piperidine rings is 1. The Bertz CT molecular complexity index is 852. The highest BCUT2D eigenvalue weighted by molar-refractivity contribution is 5.79. The molecule has 3 rings (SSSR count). The summed E-state index contributed by atoms with van der Waals surface area (Å²) in [4.78, 5) is 26.3. The number of amides is 1. The molecule has 0 bridgehead atoms. The Balaban J connectivity index is 1.62. The van der Waals surface area contributed by atoms with Gasteiger partial charge in [0.1, 0.15) is 11.6 Å². The van der Waals surface area contributed by atoms with E-state index in [1.165, 1.54) is 5.56 Å². The molecule has 1 aromatic heterocycles. The summed E-state index contributed by atoms with van der Waals surface area (Å²) >= 11 is 0. The van der Waals surface area contributed by atoms with Gasteiger partial charge in [0.15, 0.2) is 0 Å². The van der Waals surface area contributed by atoms with Crippen molar-refractivity contribution in [1.29, 1.82) is 0 Å². The summed E-state index contributed by atoms with van der Waals surface area (Å²) < 4.78 is 5.21. The van der Waals surface area contributed by atoms with Gasteiger partial charge >= 0.3 is 0 Å². The van der Waals surface area contributed by atoms with Gasteiger partial charge in [0, 0.05) is 44.5 Å². The molecule has 7 nitrogen and oxygen atoms in total. The first kappa shape index (κ1) is 22.8. The summed E-state index contributed by atoms with van der Waals surface area (Å²) in [6.45, 7) is 9.93. The highest BCUT2D eigenvalue weighted by Crippen LogP contribution is 2.23. The number of benzene rings is 1. The number of carbonyl (C=O) groups is 1. The Morgan fingerprint density at radius 2 is 1.97 bits per heavy atom. The lowest BCUT2D eigenvalue weighted by molar-refractivity contribution is -0.135. The second-order valence-electron chi connectivity index (χ2n) is 8.02. The average Bonchev–Trinajstić information content (AvgIpc) is 2.80. The van der Waals surface area contributed by atoms with Crippen LogP contribution in [0.15, 0.2) is 30.3 Å². The summed E-state index contributed by atoms with van der Waals surface area (Å²) in [5.74, 6) is 2.67. The number of hydrogen-bond donors (Lipinski definition) is 1. The molecule has 0 saturated carbocycles. The molecule has 0 radical (unpaired) electrons. The maximum Gasteiger partial charge on any atom is 0.227 e. The molecule has 2 heterocycles. The first-order chi connectivity index (χ1) is 15.0. The minimum Gasteiger partial charge on any atom is -0.497 e. The summed E-state index contributed by atoms with van der Waals surface area (Å²) in [5, 5.41) is 3.43. The van der Waals surface area contributed by atoms with Crippen LogP contribution in [0.4, 0.5) is 11.8 Å². The number of aromatic nitrogens is 2. The van der Waals surface area contributed by atoms with Crippen LogP contribution >= 0.6 is 0 Å². The van der Waals surface area contributed by atoms with Crippen LogP contribution in [0.25, 0.3) is 0 Å². The minimum absolute atomic E-state index is 0.0178. The van der Waals surface area contributed by atoms with Crippen LogP contribution in [-0.2, 0) is 11.2 Å². The van der Waals surface area contributed by atoms with Crippen molar-refractivity contribution in [2.75, 3.05) is 50.1 Å². The molecule has 0 aliphatic carbocycles. The van der Waals surface area contributed by atoms with E-state index < -0.39 is 0 Å². The number of carbonyl (C=O) groups excluding carboxylic acids is 1. The van der Waals surface area contributed by atoms with Crippen LogP contribution in [-0.4, -0.2) is 60.6 Å². The van der Waals surface area contributed by atoms with E-state index in [1.807, 2.05) is 43.9 Å². The van der Waals surface area contributed by atoms with E-state index in [-0.39, 0.29) is 11.8 Å². The van der Waals surface area contributed by atoms with Gasteiger partial charge in [-0.05, 0) is 57.7 Å².